The fraction of sp³-hybridized carbons (Fsp3) is 0.0189. The molecule has 0 bridgehead atoms. The van der Waals surface area contributed by atoms with Crippen molar-refractivity contribution in [1.82, 2.24) is 19.9 Å². The van der Waals surface area contributed by atoms with E-state index in [0.29, 0.717) is 37.2 Å². The number of fused-ring (bicyclic) bond motifs is 12. The Labute approximate surface area is 801 Å². The predicted molar refractivity (Wildman–Crippen MR) is 551 cm³/mol. The summed E-state index contributed by atoms with van der Waals surface area (Å²) in [6.07, 6.45) is 8.05. The Morgan fingerprint density at radius 1 is 0.292 bits per heavy atom. The van der Waals surface area contributed by atoms with E-state index in [2.05, 4.69) is 290 Å². The molecule has 24 rings (SSSR count). The summed E-state index contributed by atoms with van der Waals surface area (Å²) in [5.74, 6) is 1.69. The number of hydrogen-bond donors (Lipinski definition) is 0. The zero-order valence-electron chi connectivity index (χ0n) is 69.0. The Balaban J connectivity index is 0.000000105. The second-order valence-corrected chi connectivity index (χ2v) is 51.4. The molecule has 20 aromatic rings. The number of thiazole rings is 4. The van der Waals surface area contributed by atoms with Crippen molar-refractivity contribution in [1.29, 1.82) is 21.0 Å². The van der Waals surface area contributed by atoms with Crippen LogP contribution in [0.2, 0.25) is 13.1 Å². The van der Waals surface area contributed by atoms with E-state index >= 15 is 0 Å². The van der Waals surface area contributed by atoms with Crippen molar-refractivity contribution in [2.75, 3.05) is 19.6 Å². The second kappa shape index (κ2) is 37.0. The van der Waals surface area contributed by atoms with E-state index in [1.165, 1.54) is 94.8 Å². The van der Waals surface area contributed by atoms with Crippen LogP contribution in [0.1, 0.15) is 37.8 Å². The Morgan fingerprint density at radius 2 is 0.554 bits per heavy atom. The molecule has 12 heterocycles. The summed E-state index contributed by atoms with van der Waals surface area (Å²) in [4.78, 5) is 30.7. The maximum atomic E-state index is 9.90. The number of para-hydroxylation sites is 14. The van der Waals surface area contributed by atoms with Crippen LogP contribution in [0.15, 0.2) is 350 Å². The molecule has 620 valence electrons. The quantitative estimate of drug-likeness (QED) is 0.0836. The summed E-state index contributed by atoms with van der Waals surface area (Å²) in [5.41, 5.74) is 15.9. The van der Waals surface area contributed by atoms with Crippen LogP contribution >= 0.6 is 57.1 Å². The Morgan fingerprint density at radius 3 is 0.892 bits per heavy atom. The number of allylic oxidation sites excluding steroid dienone is 4. The monoisotopic (exact) mass is 2110 g/mol. The van der Waals surface area contributed by atoms with Gasteiger partial charge in [0.2, 0.25) is 0 Å². The van der Waals surface area contributed by atoms with Crippen LogP contribution in [0.3, 0.4) is 0 Å². The van der Waals surface area contributed by atoms with Gasteiger partial charge in [0.05, 0.1) is 0 Å². The number of benzene rings is 12. The Kier molecular flexibility index (Phi) is 23.9. The summed E-state index contributed by atoms with van der Waals surface area (Å²) in [5, 5.41) is 45.5. The van der Waals surface area contributed by atoms with Gasteiger partial charge < -0.3 is 0 Å². The first-order valence-corrected chi connectivity index (χ1v) is 56.9. The van der Waals surface area contributed by atoms with Crippen molar-refractivity contribution in [3.8, 4) is 35.8 Å². The van der Waals surface area contributed by atoms with Crippen molar-refractivity contribution in [2.45, 2.75) is 22.9 Å². The molecule has 0 saturated carbocycles. The first-order chi connectivity index (χ1) is 63.9. The van der Waals surface area contributed by atoms with Crippen LogP contribution in [-0.2, 0) is 0 Å². The first kappa shape index (κ1) is 84.1. The zero-order chi connectivity index (χ0) is 87.8. The molecule has 0 unspecified atom stereocenters. The van der Waals surface area contributed by atoms with Crippen molar-refractivity contribution in [3.63, 3.8) is 0 Å². The molecular formula is C106H66N12OS5Se5Si. The number of ether oxygens (including phenoxy) is 1. The van der Waals surface area contributed by atoms with Gasteiger partial charge in [0.25, 0.3) is 0 Å². The van der Waals surface area contributed by atoms with E-state index in [1.807, 2.05) is 157 Å². The van der Waals surface area contributed by atoms with E-state index in [-0.39, 0.29) is 58.0 Å². The zero-order valence-corrected chi connectivity index (χ0v) is 82.6. The fourth-order valence-electron chi connectivity index (χ4n) is 16.0. The summed E-state index contributed by atoms with van der Waals surface area (Å²) in [6, 6.07) is 127. The molecule has 0 fully saturated rings. The average molecular weight is 2110 g/mol. The Bertz CT molecular complexity index is 7260. The standard InChI is InChI=1S/C28H21N3SSeSi.C26H15N3OSSe.C26H15N3S2Se.C26H15N3SSe2/c1-34(2)25-13-7-4-10-22(25)31(23-11-5-8-14-26(23)34)27-16-15-20(33-27)17-19(18-29)28-30-21-9-3-6-12-24(21)32-28;27-16-17(26-28-19-7-1-6-12-24(19)31-26)15-18-13-14-25(32-18)29-20-8-2-4-10-22(20)30-23-11-5-3-9-21(23)29;27-16-17(26-28-19-7-1-4-10-22(19)31-26)15-18-13-14-25(32-18)29-20-8-2-5-11-23(20)30-24-12-6-3-9-21(24)29;27-16-17(26-28-19-7-1-4-10-22(19)30-26)15-18-13-14-25(31-18)29-20-8-2-5-11-23(20)32-24-12-6-3-9-21(24)29/h3-17H,1-2H3;3*1-15H/b19-17+;3*17-15+. The second-order valence-electron chi connectivity index (χ2n) is 30.4. The molecule has 24 heteroatoms. The summed E-state index contributed by atoms with van der Waals surface area (Å²) >= 11 is 8.72. The summed E-state index contributed by atoms with van der Waals surface area (Å²) in [6.45, 7) is 4.89. The molecule has 0 radical (unpaired) electrons. The van der Waals surface area contributed by atoms with Crippen LogP contribution in [0.4, 0.5) is 63.7 Å². The van der Waals surface area contributed by atoms with E-state index in [1.54, 1.807) is 45.3 Å². The van der Waals surface area contributed by atoms with Crippen molar-refractivity contribution in [2.24, 2.45) is 0 Å². The molecule has 13 nitrogen and oxygen atoms in total. The van der Waals surface area contributed by atoms with Crippen LogP contribution < -0.4 is 43.6 Å². The molecule has 4 aliphatic heterocycles. The average Bonchev–Trinajstić information content (AvgIpc) is 1.07. The number of aromatic nitrogens is 4. The number of anilines is 12. The number of nitrogens with zero attached hydrogens (tertiary/aromatic N) is 12. The molecule has 4 aliphatic rings. The van der Waals surface area contributed by atoms with E-state index in [4.69, 9.17) is 9.72 Å². The third-order valence-electron chi connectivity index (χ3n) is 22.0. The SMILES string of the molecule is C[Si]1(C)c2ccccc2N(c2ccc(/C=C(\C#N)c3nc4ccccc4s3)[se]2)c2ccccc21.N#C/C(=C\c1ccc(N2c3ccccc3Oc3ccccc32)[se]1)c1nc2ccccc2s1.N#C/C(=C\c1ccc(N2c3ccccc3Sc3ccccc32)[se]1)c1nc2ccccc2s1.N#C/C(=C\c1ccc(N2c3ccccc3[Se]c3ccccc32)[se]1)c1nc2ccccc2s1. The van der Waals surface area contributed by atoms with Gasteiger partial charge in [0.1, 0.15) is 0 Å². The fourth-order valence-corrected chi connectivity index (χ4v) is 34.2. The van der Waals surface area contributed by atoms with Gasteiger partial charge in [-0.25, -0.2) is 0 Å². The van der Waals surface area contributed by atoms with Gasteiger partial charge in [0.15, 0.2) is 0 Å². The van der Waals surface area contributed by atoms with Crippen molar-refractivity contribution >= 4 is 309 Å². The molecule has 0 spiro atoms. The molecule has 8 aromatic heterocycles. The molecule has 0 N–H and O–H groups in total. The molecule has 130 heavy (non-hydrogen) atoms. The number of rotatable bonds is 12. The first-order valence-electron chi connectivity index (χ1n) is 41.2. The minimum atomic E-state index is -1.77. The minimum absolute atomic E-state index is 0.0380. The molecule has 0 saturated heterocycles. The molecule has 0 atom stereocenters. The van der Waals surface area contributed by atoms with E-state index in [9.17, 15) is 21.0 Å². The maximum absolute atomic E-state index is 9.90. The van der Waals surface area contributed by atoms with Crippen molar-refractivity contribution < 1.29 is 4.74 Å². The molecule has 0 amide bonds. The summed E-state index contributed by atoms with van der Waals surface area (Å²) < 4.78 is 23.1. The van der Waals surface area contributed by atoms with E-state index in [0.717, 1.165) is 88.2 Å². The predicted octanol–water partition coefficient (Wildman–Crippen LogP) is 25.2. The molecule has 0 aliphatic carbocycles. The number of nitriles is 4. The third-order valence-corrected chi connectivity index (χ3v) is 41.8. The summed E-state index contributed by atoms with van der Waals surface area (Å²) in [7, 11) is -1.77. The number of hydrogen-bond acceptors (Lipinski definition) is 18. The third kappa shape index (κ3) is 16.8. The van der Waals surface area contributed by atoms with Gasteiger partial charge in [0, 0.05) is 0 Å². The normalized spacial score (nSPS) is 13.3. The van der Waals surface area contributed by atoms with Crippen LogP contribution in [-0.4, -0.2) is 101 Å². The van der Waals surface area contributed by atoms with Crippen LogP contribution in [0.5, 0.6) is 11.5 Å². The molecular weight excluding hydrogens is 2040 g/mol. The van der Waals surface area contributed by atoms with Gasteiger partial charge in [-0.1, -0.05) is 0 Å². The van der Waals surface area contributed by atoms with Gasteiger partial charge in [-0.3, -0.25) is 0 Å². The topological polar surface area (TPSA) is 169 Å². The van der Waals surface area contributed by atoms with Crippen LogP contribution in [0, 0.1) is 45.3 Å². The van der Waals surface area contributed by atoms with E-state index < -0.39 is 8.07 Å². The van der Waals surface area contributed by atoms with Gasteiger partial charge in [-0.2, -0.15) is 0 Å². The van der Waals surface area contributed by atoms with Gasteiger partial charge in [-0.15, -0.1) is 0 Å². The Hall–Kier alpha value is -12.8. The van der Waals surface area contributed by atoms with Gasteiger partial charge in [-0.05, 0) is 0 Å². The van der Waals surface area contributed by atoms with Crippen LogP contribution in [0.25, 0.3) is 87.5 Å². The van der Waals surface area contributed by atoms with Gasteiger partial charge >= 0.3 is 810 Å². The molecule has 12 aromatic carbocycles. The van der Waals surface area contributed by atoms with Crippen molar-refractivity contribution in [3.05, 3.63) is 377 Å².